The Morgan fingerprint density at radius 3 is 2.40 bits per heavy atom. The Kier molecular flexibility index (Phi) is 4.87. The highest BCUT2D eigenvalue weighted by Gasteiger charge is 2.17. The van der Waals surface area contributed by atoms with Crippen LogP contribution in [0.5, 0.6) is 0 Å². The maximum Gasteiger partial charge on any atom is 0.211 e. The Labute approximate surface area is 119 Å². The van der Waals surface area contributed by atoms with E-state index < -0.39 is 10.0 Å². The standard InChI is InChI=1S/C15H18N2O2S/c1-2-20(18,19)17-12-14(13-8-4-3-5-9-13)15-10-6-7-11-16-15/h3-11,14,17H,2,12H2,1H3. The lowest BCUT2D eigenvalue weighted by atomic mass is 9.95. The van der Waals surface area contributed by atoms with Gasteiger partial charge in [0.25, 0.3) is 0 Å². The predicted octanol–water partition coefficient (Wildman–Crippen LogP) is 2.15. The highest BCUT2D eigenvalue weighted by molar-refractivity contribution is 7.89. The van der Waals surface area contributed by atoms with Crippen LogP contribution >= 0.6 is 0 Å². The smallest absolute Gasteiger partial charge is 0.211 e. The fraction of sp³-hybridized carbons (Fsp3) is 0.267. The van der Waals surface area contributed by atoms with Crippen molar-refractivity contribution in [2.45, 2.75) is 12.8 Å². The molecule has 0 bridgehead atoms. The van der Waals surface area contributed by atoms with Gasteiger partial charge >= 0.3 is 0 Å². The molecule has 1 atom stereocenters. The molecular formula is C15H18N2O2S. The van der Waals surface area contributed by atoms with E-state index in [1.54, 1.807) is 13.1 Å². The Morgan fingerprint density at radius 2 is 1.80 bits per heavy atom. The van der Waals surface area contributed by atoms with Crippen molar-refractivity contribution in [3.05, 3.63) is 66.0 Å². The van der Waals surface area contributed by atoms with Gasteiger partial charge < -0.3 is 0 Å². The molecule has 1 heterocycles. The van der Waals surface area contributed by atoms with E-state index in [1.165, 1.54) is 0 Å². The summed E-state index contributed by atoms with van der Waals surface area (Å²) in [5, 5.41) is 0. The summed E-state index contributed by atoms with van der Waals surface area (Å²) in [6.45, 7) is 1.94. The van der Waals surface area contributed by atoms with Gasteiger partial charge in [0, 0.05) is 24.4 Å². The average Bonchev–Trinajstić information content (AvgIpc) is 2.49. The molecule has 20 heavy (non-hydrogen) atoms. The van der Waals surface area contributed by atoms with Crippen LogP contribution in [0.15, 0.2) is 54.7 Å². The highest BCUT2D eigenvalue weighted by atomic mass is 32.2. The number of benzene rings is 1. The van der Waals surface area contributed by atoms with Crippen molar-refractivity contribution < 1.29 is 8.42 Å². The second-order valence-corrected chi connectivity index (χ2v) is 6.57. The second kappa shape index (κ2) is 6.63. The van der Waals surface area contributed by atoms with Crippen LogP contribution in [-0.4, -0.2) is 25.7 Å². The van der Waals surface area contributed by atoms with E-state index in [0.717, 1.165) is 11.3 Å². The van der Waals surface area contributed by atoms with E-state index in [2.05, 4.69) is 9.71 Å². The lowest BCUT2D eigenvalue weighted by Gasteiger charge is -2.17. The summed E-state index contributed by atoms with van der Waals surface area (Å²) in [6.07, 6.45) is 1.72. The van der Waals surface area contributed by atoms with Crippen LogP contribution in [0.3, 0.4) is 0 Å². The molecule has 0 amide bonds. The molecule has 1 N–H and O–H groups in total. The summed E-state index contributed by atoms with van der Waals surface area (Å²) in [5.74, 6) is -0.00443. The SMILES string of the molecule is CCS(=O)(=O)NCC(c1ccccc1)c1ccccn1. The molecule has 0 radical (unpaired) electrons. The molecule has 0 aliphatic carbocycles. The van der Waals surface area contributed by atoms with E-state index in [0.29, 0.717) is 6.54 Å². The van der Waals surface area contributed by atoms with Gasteiger partial charge in [-0.15, -0.1) is 0 Å². The number of nitrogens with zero attached hydrogens (tertiary/aromatic N) is 1. The third kappa shape index (κ3) is 3.88. The molecule has 0 saturated carbocycles. The summed E-state index contributed by atoms with van der Waals surface area (Å²) >= 11 is 0. The summed E-state index contributed by atoms with van der Waals surface area (Å²) in [7, 11) is -3.21. The zero-order chi connectivity index (χ0) is 14.4. The van der Waals surface area contributed by atoms with Crippen LogP contribution < -0.4 is 4.72 Å². The van der Waals surface area contributed by atoms with E-state index in [9.17, 15) is 8.42 Å². The molecule has 4 nitrogen and oxygen atoms in total. The van der Waals surface area contributed by atoms with E-state index in [1.807, 2.05) is 48.5 Å². The molecule has 0 aliphatic heterocycles. The first-order valence-electron chi connectivity index (χ1n) is 6.55. The molecule has 1 aromatic heterocycles. The summed E-state index contributed by atoms with van der Waals surface area (Å²) in [6, 6.07) is 15.5. The number of pyridine rings is 1. The quantitative estimate of drug-likeness (QED) is 0.887. The number of nitrogens with one attached hydrogen (secondary N) is 1. The third-order valence-corrected chi connectivity index (χ3v) is 4.50. The fourth-order valence-corrected chi connectivity index (χ4v) is 2.60. The zero-order valence-electron chi connectivity index (χ0n) is 11.4. The van der Waals surface area contributed by atoms with Crippen molar-refractivity contribution in [1.82, 2.24) is 9.71 Å². The normalized spacial score (nSPS) is 13.1. The molecule has 106 valence electrons. The van der Waals surface area contributed by atoms with Crippen molar-refractivity contribution in [2.75, 3.05) is 12.3 Å². The topological polar surface area (TPSA) is 59.1 Å². The summed E-state index contributed by atoms with van der Waals surface area (Å²) < 4.78 is 25.9. The molecule has 0 fully saturated rings. The van der Waals surface area contributed by atoms with E-state index >= 15 is 0 Å². The fourth-order valence-electron chi connectivity index (χ4n) is 1.97. The molecule has 2 rings (SSSR count). The summed E-state index contributed by atoms with van der Waals surface area (Å²) in [5.41, 5.74) is 1.91. The Bertz CT molecular complexity index is 588. The number of hydrogen-bond donors (Lipinski definition) is 1. The minimum Gasteiger partial charge on any atom is -0.261 e. The van der Waals surface area contributed by atoms with E-state index in [-0.39, 0.29) is 11.7 Å². The number of sulfonamides is 1. The first kappa shape index (κ1) is 14.7. The first-order chi connectivity index (χ1) is 9.62. The maximum atomic E-state index is 11.6. The minimum atomic E-state index is -3.21. The van der Waals surface area contributed by atoms with Crippen molar-refractivity contribution in [1.29, 1.82) is 0 Å². The van der Waals surface area contributed by atoms with E-state index in [4.69, 9.17) is 0 Å². The largest absolute Gasteiger partial charge is 0.261 e. The Hall–Kier alpha value is -1.72. The van der Waals surface area contributed by atoms with Gasteiger partial charge in [-0.05, 0) is 24.6 Å². The van der Waals surface area contributed by atoms with Crippen LogP contribution in [0.2, 0.25) is 0 Å². The Morgan fingerprint density at radius 1 is 1.10 bits per heavy atom. The third-order valence-electron chi connectivity index (χ3n) is 3.13. The molecular weight excluding hydrogens is 272 g/mol. The van der Waals surface area contributed by atoms with Crippen LogP contribution in [0.1, 0.15) is 24.1 Å². The van der Waals surface area contributed by atoms with Crippen molar-refractivity contribution in [3.63, 3.8) is 0 Å². The average molecular weight is 290 g/mol. The minimum absolute atomic E-state index is 0.0801. The van der Waals surface area contributed by atoms with Gasteiger partial charge in [-0.1, -0.05) is 36.4 Å². The highest BCUT2D eigenvalue weighted by Crippen LogP contribution is 2.22. The monoisotopic (exact) mass is 290 g/mol. The van der Waals surface area contributed by atoms with Crippen LogP contribution in [0.4, 0.5) is 0 Å². The van der Waals surface area contributed by atoms with Gasteiger partial charge in [0.2, 0.25) is 10.0 Å². The Balaban J connectivity index is 2.26. The van der Waals surface area contributed by atoms with Gasteiger partial charge in [0.15, 0.2) is 0 Å². The van der Waals surface area contributed by atoms with Crippen molar-refractivity contribution in [3.8, 4) is 0 Å². The molecule has 1 aromatic carbocycles. The molecule has 2 aromatic rings. The van der Waals surface area contributed by atoms with Gasteiger partial charge in [-0.25, -0.2) is 13.1 Å². The van der Waals surface area contributed by atoms with Gasteiger partial charge in [0.05, 0.1) is 5.75 Å². The molecule has 5 heteroatoms. The molecule has 1 unspecified atom stereocenters. The number of aromatic nitrogens is 1. The number of rotatable bonds is 6. The van der Waals surface area contributed by atoms with Crippen molar-refractivity contribution in [2.24, 2.45) is 0 Å². The van der Waals surface area contributed by atoms with Gasteiger partial charge in [-0.2, -0.15) is 0 Å². The maximum absolute atomic E-state index is 11.6. The summed E-state index contributed by atoms with van der Waals surface area (Å²) in [4.78, 5) is 4.35. The lowest BCUT2D eigenvalue weighted by molar-refractivity contribution is 0.578. The van der Waals surface area contributed by atoms with Crippen LogP contribution in [0.25, 0.3) is 0 Å². The zero-order valence-corrected chi connectivity index (χ0v) is 12.2. The van der Waals surface area contributed by atoms with Crippen molar-refractivity contribution >= 4 is 10.0 Å². The molecule has 0 saturated heterocycles. The predicted molar refractivity (Wildman–Crippen MR) is 80.0 cm³/mol. The second-order valence-electron chi connectivity index (χ2n) is 4.47. The van der Waals surface area contributed by atoms with Crippen LogP contribution in [-0.2, 0) is 10.0 Å². The van der Waals surface area contributed by atoms with Gasteiger partial charge in [0.1, 0.15) is 0 Å². The number of hydrogen-bond acceptors (Lipinski definition) is 3. The first-order valence-corrected chi connectivity index (χ1v) is 8.21. The lowest BCUT2D eigenvalue weighted by Crippen LogP contribution is -2.30. The van der Waals surface area contributed by atoms with Crippen LogP contribution in [0, 0.1) is 0 Å². The van der Waals surface area contributed by atoms with Gasteiger partial charge in [-0.3, -0.25) is 4.98 Å². The molecule has 0 aliphatic rings. The molecule has 0 spiro atoms.